The van der Waals surface area contributed by atoms with Gasteiger partial charge in [0.1, 0.15) is 11.6 Å². The molecule has 1 fully saturated rings. The van der Waals surface area contributed by atoms with Crippen molar-refractivity contribution in [2.75, 3.05) is 45.2 Å². The summed E-state index contributed by atoms with van der Waals surface area (Å²) in [5.74, 6) is -0.104. The maximum Gasteiger partial charge on any atom is 0.254 e. The molecule has 154 valence electrons. The molecule has 0 unspecified atom stereocenters. The molecule has 1 heterocycles. The number of benzene rings is 2. The summed E-state index contributed by atoms with van der Waals surface area (Å²) in [5, 5.41) is 2.67. The number of nitrogens with zero attached hydrogens (tertiary/aromatic N) is 2. The van der Waals surface area contributed by atoms with Crippen LogP contribution in [-0.2, 0) is 4.79 Å². The molecule has 0 radical (unpaired) electrons. The topological polar surface area (TPSA) is 61.9 Å². The standard InChI is InChI=1S/C21H23ClFN3O3/c1-14-3-4-15(11-19(14)29-2)21(28)26-9-7-25(8-10-26)13-20(27)24-16-5-6-18(23)17(22)12-16/h3-6,11-12H,7-10,13H2,1-2H3,(H,24,27). The van der Waals surface area contributed by atoms with E-state index in [0.717, 1.165) is 5.56 Å². The molecule has 1 aliphatic rings. The first-order valence-electron chi connectivity index (χ1n) is 9.28. The van der Waals surface area contributed by atoms with Crippen LogP contribution >= 0.6 is 11.6 Å². The van der Waals surface area contributed by atoms with Gasteiger partial charge in [0.15, 0.2) is 0 Å². The number of hydrogen-bond donors (Lipinski definition) is 1. The minimum Gasteiger partial charge on any atom is -0.496 e. The van der Waals surface area contributed by atoms with Crippen molar-refractivity contribution in [1.82, 2.24) is 9.80 Å². The number of piperazine rings is 1. The van der Waals surface area contributed by atoms with Crippen LogP contribution in [0, 0.1) is 12.7 Å². The monoisotopic (exact) mass is 419 g/mol. The number of nitrogens with one attached hydrogen (secondary N) is 1. The summed E-state index contributed by atoms with van der Waals surface area (Å²) in [6, 6.07) is 9.47. The fourth-order valence-corrected chi connectivity index (χ4v) is 3.40. The number of anilines is 1. The smallest absolute Gasteiger partial charge is 0.254 e. The molecule has 1 N–H and O–H groups in total. The van der Waals surface area contributed by atoms with Crippen molar-refractivity contribution in [2.45, 2.75) is 6.92 Å². The highest BCUT2D eigenvalue weighted by Gasteiger charge is 2.24. The number of carbonyl (C=O) groups excluding carboxylic acids is 2. The maximum atomic E-state index is 13.2. The van der Waals surface area contributed by atoms with Gasteiger partial charge in [0.2, 0.25) is 5.91 Å². The van der Waals surface area contributed by atoms with Crippen molar-refractivity contribution < 1.29 is 18.7 Å². The Bertz CT molecular complexity index is 914. The summed E-state index contributed by atoms with van der Waals surface area (Å²) in [5.41, 5.74) is 2.01. The highest BCUT2D eigenvalue weighted by molar-refractivity contribution is 6.31. The van der Waals surface area contributed by atoms with Gasteiger partial charge in [-0.25, -0.2) is 4.39 Å². The molecule has 0 spiro atoms. The minimum absolute atomic E-state index is 0.0392. The molecular formula is C21H23ClFN3O3. The Morgan fingerprint density at radius 3 is 2.52 bits per heavy atom. The first-order chi connectivity index (χ1) is 13.9. The normalized spacial score (nSPS) is 14.6. The Kier molecular flexibility index (Phi) is 6.71. The van der Waals surface area contributed by atoms with E-state index < -0.39 is 5.82 Å². The summed E-state index contributed by atoms with van der Waals surface area (Å²) in [4.78, 5) is 28.7. The van der Waals surface area contributed by atoms with E-state index in [4.69, 9.17) is 16.3 Å². The van der Waals surface area contributed by atoms with Gasteiger partial charge >= 0.3 is 0 Å². The number of ether oxygens (including phenoxy) is 1. The van der Waals surface area contributed by atoms with Crippen LogP contribution in [-0.4, -0.2) is 61.4 Å². The number of carbonyl (C=O) groups is 2. The molecule has 3 rings (SSSR count). The molecule has 0 bridgehead atoms. The van der Waals surface area contributed by atoms with E-state index in [1.54, 1.807) is 24.1 Å². The molecule has 29 heavy (non-hydrogen) atoms. The quantitative estimate of drug-likeness (QED) is 0.808. The Balaban J connectivity index is 1.51. The van der Waals surface area contributed by atoms with Crippen molar-refractivity contribution in [3.8, 4) is 5.75 Å². The molecule has 2 aromatic rings. The first-order valence-corrected chi connectivity index (χ1v) is 9.66. The SMILES string of the molecule is COc1cc(C(=O)N2CCN(CC(=O)Nc3ccc(F)c(Cl)c3)CC2)ccc1C. The zero-order valence-electron chi connectivity index (χ0n) is 16.4. The van der Waals surface area contributed by atoms with Gasteiger partial charge in [-0.2, -0.15) is 0 Å². The summed E-state index contributed by atoms with van der Waals surface area (Å²) < 4.78 is 18.5. The zero-order chi connectivity index (χ0) is 21.0. The fourth-order valence-electron chi connectivity index (χ4n) is 3.22. The number of rotatable bonds is 5. The summed E-state index contributed by atoms with van der Waals surface area (Å²) in [6.45, 7) is 4.36. The van der Waals surface area contributed by atoms with Crippen LogP contribution in [0.2, 0.25) is 5.02 Å². The Morgan fingerprint density at radius 1 is 1.14 bits per heavy atom. The fraction of sp³-hybridized carbons (Fsp3) is 0.333. The van der Waals surface area contributed by atoms with Crippen LogP contribution in [0.4, 0.5) is 10.1 Å². The van der Waals surface area contributed by atoms with Crippen molar-refractivity contribution in [3.63, 3.8) is 0 Å². The molecule has 1 saturated heterocycles. The van der Waals surface area contributed by atoms with Crippen LogP contribution < -0.4 is 10.1 Å². The van der Waals surface area contributed by atoms with Crippen molar-refractivity contribution >= 4 is 29.1 Å². The van der Waals surface area contributed by atoms with E-state index in [1.807, 2.05) is 17.9 Å². The van der Waals surface area contributed by atoms with E-state index in [2.05, 4.69) is 5.32 Å². The van der Waals surface area contributed by atoms with Crippen LogP contribution in [0.25, 0.3) is 0 Å². The van der Waals surface area contributed by atoms with Crippen LogP contribution in [0.15, 0.2) is 36.4 Å². The Morgan fingerprint density at radius 2 is 1.86 bits per heavy atom. The Labute approximate surface area is 174 Å². The van der Waals surface area contributed by atoms with Gasteiger partial charge in [-0.15, -0.1) is 0 Å². The molecule has 2 amide bonds. The predicted molar refractivity (Wildman–Crippen MR) is 110 cm³/mol. The van der Waals surface area contributed by atoms with E-state index in [-0.39, 0.29) is 23.4 Å². The predicted octanol–water partition coefficient (Wildman–Crippen LogP) is 3.19. The average molecular weight is 420 g/mol. The molecular weight excluding hydrogens is 397 g/mol. The van der Waals surface area contributed by atoms with E-state index in [9.17, 15) is 14.0 Å². The highest BCUT2D eigenvalue weighted by atomic mass is 35.5. The van der Waals surface area contributed by atoms with Crippen molar-refractivity contribution in [1.29, 1.82) is 0 Å². The summed E-state index contributed by atoms with van der Waals surface area (Å²) in [7, 11) is 1.58. The van der Waals surface area contributed by atoms with Crippen molar-refractivity contribution in [3.05, 3.63) is 58.4 Å². The van der Waals surface area contributed by atoms with Gasteiger partial charge in [0.05, 0.1) is 18.7 Å². The average Bonchev–Trinajstić information content (AvgIpc) is 2.71. The lowest BCUT2D eigenvalue weighted by molar-refractivity contribution is -0.117. The number of methoxy groups -OCH3 is 1. The third-order valence-corrected chi connectivity index (χ3v) is 5.17. The Hall–Kier alpha value is -2.64. The van der Waals surface area contributed by atoms with Gasteiger partial charge in [-0.3, -0.25) is 14.5 Å². The number of amides is 2. The molecule has 1 aliphatic heterocycles. The van der Waals surface area contributed by atoms with Crippen molar-refractivity contribution in [2.24, 2.45) is 0 Å². The van der Waals surface area contributed by atoms with Crippen LogP contribution in [0.1, 0.15) is 15.9 Å². The molecule has 0 aliphatic carbocycles. The molecule has 2 aromatic carbocycles. The third kappa shape index (κ3) is 5.25. The molecule has 0 aromatic heterocycles. The highest BCUT2D eigenvalue weighted by Crippen LogP contribution is 2.21. The minimum atomic E-state index is -0.531. The maximum absolute atomic E-state index is 13.2. The second-order valence-electron chi connectivity index (χ2n) is 6.93. The van der Waals surface area contributed by atoms with Crippen LogP contribution in [0.3, 0.4) is 0 Å². The summed E-state index contributed by atoms with van der Waals surface area (Å²) >= 11 is 5.73. The lowest BCUT2D eigenvalue weighted by atomic mass is 10.1. The number of aryl methyl sites for hydroxylation is 1. The van der Waals surface area contributed by atoms with E-state index in [1.165, 1.54) is 18.2 Å². The first kappa shape index (κ1) is 21.1. The van der Waals surface area contributed by atoms with Gasteiger partial charge in [-0.1, -0.05) is 17.7 Å². The van der Waals surface area contributed by atoms with Gasteiger partial charge in [0, 0.05) is 37.4 Å². The van der Waals surface area contributed by atoms with E-state index in [0.29, 0.717) is 43.2 Å². The molecule has 6 nitrogen and oxygen atoms in total. The van der Waals surface area contributed by atoms with Crippen LogP contribution in [0.5, 0.6) is 5.75 Å². The second-order valence-corrected chi connectivity index (χ2v) is 7.34. The van der Waals surface area contributed by atoms with Gasteiger partial charge < -0.3 is 15.0 Å². The number of hydrogen-bond acceptors (Lipinski definition) is 4. The summed E-state index contributed by atoms with van der Waals surface area (Å²) in [6.07, 6.45) is 0. The third-order valence-electron chi connectivity index (χ3n) is 4.89. The lowest BCUT2D eigenvalue weighted by Gasteiger charge is -2.34. The van der Waals surface area contributed by atoms with Gasteiger partial charge in [-0.05, 0) is 42.8 Å². The lowest BCUT2D eigenvalue weighted by Crippen LogP contribution is -2.50. The largest absolute Gasteiger partial charge is 0.496 e. The molecule has 0 atom stereocenters. The number of halogens is 2. The molecule has 8 heteroatoms. The van der Waals surface area contributed by atoms with E-state index >= 15 is 0 Å². The zero-order valence-corrected chi connectivity index (χ0v) is 17.1. The van der Waals surface area contributed by atoms with Gasteiger partial charge in [0.25, 0.3) is 5.91 Å². The molecule has 0 saturated carbocycles. The second kappa shape index (κ2) is 9.24.